The lowest BCUT2D eigenvalue weighted by Crippen LogP contribution is -2.23. The van der Waals surface area contributed by atoms with Gasteiger partial charge in [-0.2, -0.15) is 0 Å². The van der Waals surface area contributed by atoms with Crippen LogP contribution >= 0.6 is 11.3 Å². The van der Waals surface area contributed by atoms with Crippen LogP contribution in [-0.4, -0.2) is 11.1 Å². The first-order valence-electron chi connectivity index (χ1n) is 8.32. The molecule has 0 fully saturated rings. The number of aryl methyl sites for hydroxylation is 3. The van der Waals surface area contributed by atoms with Crippen LogP contribution in [0.1, 0.15) is 48.4 Å². The number of rotatable bonds is 9. The Labute approximate surface area is 143 Å². The molecule has 0 aliphatic rings. The Morgan fingerprint density at radius 3 is 2.17 bits per heavy atom. The fourth-order valence-electron chi connectivity index (χ4n) is 2.61. The summed E-state index contributed by atoms with van der Waals surface area (Å²) in [6.45, 7) is 3.61. The van der Waals surface area contributed by atoms with Crippen LogP contribution < -0.4 is 0 Å². The molecule has 2 nitrogen and oxygen atoms in total. The van der Waals surface area contributed by atoms with Crippen molar-refractivity contribution >= 4 is 17.3 Å². The van der Waals surface area contributed by atoms with E-state index in [-0.39, 0.29) is 0 Å². The monoisotopic (exact) mass is 330 g/mol. The third-order valence-corrected chi connectivity index (χ3v) is 5.46. The fraction of sp³-hybridized carbons (Fsp3) is 0.450. The molecule has 1 N–H and O–H groups in total. The number of hydrogen-bond donors (Lipinski definition) is 1. The Bertz CT molecular complexity index is 614. The molecule has 0 radical (unpaired) electrons. The van der Waals surface area contributed by atoms with Gasteiger partial charge < -0.3 is 5.11 Å². The summed E-state index contributed by atoms with van der Waals surface area (Å²) in [5, 5.41) is 9.14. The molecular formula is C20H26O2S. The highest BCUT2D eigenvalue weighted by Crippen LogP contribution is 2.26. The van der Waals surface area contributed by atoms with Crippen LogP contribution in [0.3, 0.4) is 0 Å². The maximum absolute atomic E-state index is 11.1. The van der Waals surface area contributed by atoms with Gasteiger partial charge in [-0.25, -0.2) is 0 Å². The Morgan fingerprint density at radius 2 is 1.57 bits per heavy atom. The normalized spacial score (nSPS) is 11.6. The van der Waals surface area contributed by atoms with Crippen molar-refractivity contribution < 1.29 is 9.90 Å². The largest absolute Gasteiger partial charge is 0.481 e. The number of hydrogen-bond acceptors (Lipinski definition) is 2. The van der Waals surface area contributed by atoms with Gasteiger partial charge in [-0.1, -0.05) is 30.3 Å². The number of aliphatic carboxylic acids is 1. The second kappa shape index (κ2) is 8.30. The van der Waals surface area contributed by atoms with Gasteiger partial charge in [0.15, 0.2) is 0 Å². The molecule has 0 amide bonds. The van der Waals surface area contributed by atoms with Crippen molar-refractivity contribution in [3.63, 3.8) is 0 Å². The minimum Gasteiger partial charge on any atom is -0.481 e. The third-order valence-electron chi connectivity index (χ3n) is 4.25. The van der Waals surface area contributed by atoms with Crippen LogP contribution in [0.15, 0.2) is 42.5 Å². The zero-order valence-corrected chi connectivity index (χ0v) is 14.9. The Hall–Kier alpha value is -1.61. The van der Waals surface area contributed by atoms with E-state index in [9.17, 15) is 4.79 Å². The van der Waals surface area contributed by atoms with E-state index in [1.807, 2.05) is 11.3 Å². The molecule has 1 heterocycles. The minimum atomic E-state index is -0.703. The van der Waals surface area contributed by atoms with Crippen molar-refractivity contribution in [2.45, 2.75) is 52.4 Å². The summed E-state index contributed by atoms with van der Waals surface area (Å²) in [5.74, 6) is -0.703. The predicted octanol–water partition coefficient (Wildman–Crippen LogP) is 5.36. The first-order chi connectivity index (χ1) is 11.0. The molecule has 124 valence electrons. The molecule has 23 heavy (non-hydrogen) atoms. The van der Waals surface area contributed by atoms with E-state index in [1.165, 1.54) is 21.7 Å². The number of carboxylic acids is 1. The summed E-state index contributed by atoms with van der Waals surface area (Å²) in [4.78, 5) is 13.9. The molecule has 2 rings (SSSR count). The van der Waals surface area contributed by atoms with Gasteiger partial charge >= 0.3 is 5.97 Å². The first kappa shape index (κ1) is 17.7. The highest BCUT2D eigenvalue weighted by molar-refractivity contribution is 7.11. The van der Waals surface area contributed by atoms with Crippen LogP contribution in [0.5, 0.6) is 0 Å². The fourth-order valence-corrected chi connectivity index (χ4v) is 3.72. The van der Waals surface area contributed by atoms with Crippen molar-refractivity contribution in [2.24, 2.45) is 5.41 Å². The number of carbonyl (C=O) groups is 1. The van der Waals surface area contributed by atoms with Gasteiger partial charge in [0.1, 0.15) is 0 Å². The highest BCUT2D eigenvalue weighted by atomic mass is 32.1. The van der Waals surface area contributed by atoms with E-state index in [0.29, 0.717) is 0 Å². The Morgan fingerprint density at radius 1 is 0.957 bits per heavy atom. The molecule has 0 bridgehead atoms. The van der Waals surface area contributed by atoms with Gasteiger partial charge in [0, 0.05) is 9.75 Å². The molecule has 2 aromatic rings. The van der Waals surface area contributed by atoms with Crippen LogP contribution in [0, 0.1) is 5.41 Å². The lowest BCUT2D eigenvalue weighted by molar-refractivity contribution is -0.147. The van der Waals surface area contributed by atoms with Crippen LogP contribution in [0.25, 0.3) is 0 Å². The van der Waals surface area contributed by atoms with Crippen LogP contribution in [0.4, 0.5) is 0 Å². The molecule has 0 unspecified atom stereocenters. The second-order valence-electron chi connectivity index (χ2n) is 6.75. The number of benzene rings is 1. The van der Waals surface area contributed by atoms with E-state index in [2.05, 4.69) is 42.5 Å². The van der Waals surface area contributed by atoms with E-state index < -0.39 is 11.4 Å². The van der Waals surface area contributed by atoms with E-state index in [0.717, 1.165) is 32.1 Å². The maximum atomic E-state index is 11.1. The van der Waals surface area contributed by atoms with Crippen LogP contribution in [0.2, 0.25) is 0 Å². The first-order valence-corrected chi connectivity index (χ1v) is 9.14. The topological polar surface area (TPSA) is 37.3 Å². The summed E-state index contributed by atoms with van der Waals surface area (Å²) in [6.07, 6.45) is 6.07. The summed E-state index contributed by atoms with van der Waals surface area (Å²) >= 11 is 1.88. The minimum absolute atomic E-state index is 0.615. The number of carboxylic acid groups (broad SMARTS) is 1. The SMILES string of the molecule is CC(C)(CCCc1ccc(CCCc2ccccc2)s1)C(=O)O. The molecular weight excluding hydrogens is 304 g/mol. The van der Waals surface area contributed by atoms with Gasteiger partial charge in [-0.15, -0.1) is 11.3 Å². The van der Waals surface area contributed by atoms with Gasteiger partial charge in [-0.3, -0.25) is 4.79 Å². The van der Waals surface area contributed by atoms with Crippen molar-refractivity contribution in [3.8, 4) is 0 Å². The van der Waals surface area contributed by atoms with Crippen molar-refractivity contribution in [1.29, 1.82) is 0 Å². The highest BCUT2D eigenvalue weighted by Gasteiger charge is 2.26. The average Bonchev–Trinajstić information content (AvgIpc) is 2.96. The standard InChI is InChI=1S/C20H26O2S/c1-20(2,19(21)22)15-7-12-18-14-13-17(23-18)11-6-10-16-8-4-3-5-9-16/h3-5,8-9,13-14H,6-7,10-12,15H2,1-2H3,(H,21,22). The van der Waals surface area contributed by atoms with Crippen molar-refractivity contribution in [3.05, 3.63) is 57.8 Å². The van der Waals surface area contributed by atoms with Gasteiger partial charge in [0.05, 0.1) is 5.41 Å². The van der Waals surface area contributed by atoms with Crippen molar-refractivity contribution in [1.82, 2.24) is 0 Å². The molecule has 0 spiro atoms. The lowest BCUT2D eigenvalue weighted by atomic mass is 9.87. The van der Waals surface area contributed by atoms with Crippen molar-refractivity contribution in [2.75, 3.05) is 0 Å². The van der Waals surface area contributed by atoms with E-state index >= 15 is 0 Å². The Balaban J connectivity index is 1.72. The number of thiophene rings is 1. The molecule has 0 aliphatic carbocycles. The summed E-state index contributed by atoms with van der Waals surface area (Å²) < 4.78 is 0. The van der Waals surface area contributed by atoms with E-state index in [1.54, 1.807) is 13.8 Å². The molecule has 0 aliphatic heterocycles. The average molecular weight is 330 g/mol. The summed E-state index contributed by atoms with van der Waals surface area (Å²) in [5.41, 5.74) is 0.788. The second-order valence-corrected chi connectivity index (χ2v) is 8.00. The molecule has 1 aromatic carbocycles. The van der Waals surface area contributed by atoms with E-state index in [4.69, 9.17) is 5.11 Å². The smallest absolute Gasteiger partial charge is 0.309 e. The molecule has 0 atom stereocenters. The third kappa shape index (κ3) is 5.83. The quantitative estimate of drug-likeness (QED) is 0.672. The predicted molar refractivity (Wildman–Crippen MR) is 97.1 cm³/mol. The zero-order chi connectivity index (χ0) is 16.7. The van der Waals surface area contributed by atoms with Gasteiger partial charge in [0.2, 0.25) is 0 Å². The van der Waals surface area contributed by atoms with Gasteiger partial charge in [-0.05, 0) is 70.1 Å². The molecule has 1 aromatic heterocycles. The maximum Gasteiger partial charge on any atom is 0.309 e. The molecule has 0 saturated heterocycles. The lowest BCUT2D eigenvalue weighted by Gasteiger charge is -2.18. The summed E-state index contributed by atoms with van der Waals surface area (Å²) in [7, 11) is 0. The Kier molecular flexibility index (Phi) is 6.40. The zero-order valence-electron chi connectivity index (χ0n) is 14.0. The van der Waals surface area contributed by atoms with Crippen LogP contribution in [-0.2, 0) is 24.1 Å². The molecule has 3 heteroatoms. The van der Waals surface area contributed by atoms with Gasteiger partial charge in [0.25, 0.3) is 0 Å². The molecule has 0 saturated carbocycles. The summed E-state index contributed by atoms with van der Waals surface area (Å²) in [6, 6.07) is 15.0.